The Kier molecular flexibility index (Phi) is 62.0. The lowest BCUT2D eigenvalue weighted by Crippen LogP contribution is -2.45. The number of esters is 1. The van der Waals surface area contributed by atoms with Crippen molar-refractivity contribution in [3.8, 4) is 0 Å². The Labute approximate surface area is 462 Å². The van der Waals surface area contributed by atoms with Gasteiger partial charge in [0.15, 0.2) is 0 Å². The lowest BCUT2D eigenvalue weighted by molar-refractivity contribution is -0.143. The van der Waals surface area contributed by atoms with E-state index in [0.29, 0.717) is 19.4 Å². The molecule has 6 heteroatoms. The second-order valence-electron chi connectivity index (χ2n) is 22.8. The smallest absolute Gasteiger partial charge is 0.305 e. The summed E-state index contributed by atoms with van der Waals surface area (Å²) >= 11 is 0. The standard InChI is InChI=1S/C68H129NO5/c1-3-5-7-9-11-13-15-17-19-20-21-27-30-33-36-40-44-48-52-56-60-66(71)65(64-70)69-67(72)61-57-53-49-45-41-37-34-31-28-25-23-22-24-26-29-32-35-39-43-47-51-55-59-63-74-68(73)62-58-54-50-46-42-38-18-16-14-12-10-8-6-4-2/h16,18,25,28,56,60,65-66,70-71H,3-15,17,19-24,26-27,29-55,57-59,61-64H2,1-2H3,(H,69,72)/b18-16-,28-25-,60-56+. The number of allylic oxidation sites excluding steroid dienone is 5. The Bertz CT molecular complexity index is 1200. The highest BCUT2D eigenvalue weighted by Crippen LogP contribution is 2.17. The summed E-state index contributed by atoms with van der Waals surface area (Å²) in [6.07, 6.45) is 80.5. The number of nitrogens with one attached hydrogen (secondary N) is 1. The summed E-state index contributed by atoms with van der Waals surface area (Å²) < 4.78 is 5.48. The number of ether oxygens (including phenoxy) is 1. The number of aliphatic hydroxyl groups is 2. The van der Waals surface area contributed by atoms with E-state index < -0.39 is 12.1 Å². The van der Waals surface area contributed by atoms with Gasteiger partial charge in [-0.25, -0.2) is 0 Å². The molecule has 0 aliphatic heterocycles. The average molecular weight is 1040 g/mol. The number of amides is 1. The van der Waals surface area contributed by atoms with E-state index in [1.54, 1.807) is 6.08 Å². The molecular formula is C68H129NO5. The molecule has 3 N–H and O–H groups in total. The molecule has 436 valence electrons. The number of unbranched alkanes of at least 4 members (excludes halogenated alkanes) is 47. The van der Waals surface area contributed by atoms with Crippen molar-refractivity contribution in [2.75, 3.05) is 13.2 Å². The van der Waals surface area contributed by atoms with Crippen molar-refractivity contribution in [2.24, 2.45) is 0 Å². The maximum Gasteiger partial charge on any atom is 0.305 e. The Morgan fingerprint density at radius 1 is 0.365 bits per heavy atom. The van der Waals surface area contributed by atoms with Crippen LogP contribution in [0.15, 0.2) is 36.5 Å². The largest absolute Gasteiger partial charge is 0.466 e. The van der Waals surface area contributed by atoms with Crippen LogP contribution in [0, 0.1) is 0 Å². The zero-order chi connectivity index (χ0) is 53.6. The van der Waals surface area contributed by atoms with Crippen molar-refractivity contribution >= 4 is 11.9 Å². The van der Waals surface area contributed by atoms with Crippen LogP contribution in [0.3, 0.4) is 0 Å². The quantitative estimate of drug-likeness (QED) is 0.0320. The maximum atomic E-state index is 12.5. The highest BCUT2D eigenvalue weighted by atomic mass is 16.5. The van der Waals surface area contributed by atoms with Gasteiger partial charge in [-0.1, -0.05) is 301 Å². The second-order valence-corrected chi connectivity index (χ2v) is 22.8. The molecule has 2 atom stereocenters. The second kappa shape index (κ2) is 63.6. The van der Waals surface area contributed by atoms with E-state index in [1.165, 1.54) is 283 Å². The SMILES string of the molecule is CCCCCCC/C=C\CCCCCCCC(=O)OCCCCCCCCCCCCCC/C=C\CCCCCCCCCC(=O)NC(CO)C(O)/C=C/CCCCCCCCCCCCCCCCCCCC. The molecule has 0 saturated carbocycles. The third-order valence-electron chi connectivity index (χ3n) is 15.4. The molecule has 0 rings (SSSR count). The zero-order valence-corrected chi connectivity index (χ0v) is 49.8. The molecule has 0 aromatic rings. The first-order valence-corrected chi connectivity index (χ1v) is 33.3. The predicted octanol–water partition coefficient (Wildman–Crippen LogP) is 21.1. The average Bonchev–Trinajstić information content (AvgIpc) is 3.40. The van der Waals surface area contributed by atoms with Gasteiger partial charge in [0, 0.05) is 12.8 Å². The molecule has 74 heavy (non-hydrogen) atoms. The fourth-order valence-electron chi connectivity index (χ4n) is 10.3. The third kappa shape index (κ3) is 59.3. The van der Waals surface area contributed by atoms with E-state index in [4.69, 9.17) is 4.74 Å². The molecule has 0 heterocycles. The third-order valence-corrected chi connectivity index (χ3v) is 15.4. The fraction of sp³-hybridized carbons (Fsp3) is 0.882. The minimum absolute atomic E-state index is 0.00270. The van der Waals surface area contributed by atoms with Crippen LogP contribution < -0.4 is 5.32 Å². The summed E-state index contributed by atoms with van der Waals surface area (Å²) in [5, 5.41) is 23.2. The summed E-state index contributed by atoms with van der Waals surface area (Å²) in [6, 6.07) is -0.634. The summed E-state index contributed by atoms with van der Waals surface area (Å²) in [6.45, 7) is 4.91. The Morgan fingerprint density at radius 2 is 0.635 bits per heavy atom. The molecule has 1 amide bonds. The van der Waals surface area contributed by atoms with Gasteiger partial charge in [-0.05, 0) is 83.5 Å². The Balaban J connectivity index is 3.44. The van der Waals surface area contributed by atoms with Crippen molar-refractivity contribution < 1.29 is 24.5 Å². The lowest BCUT2D eigenvalue weighted by Gasteiger charge is -2.20. The van der Waals surface area contributed by atoms with E-state index in [-0.39, 0.29) is 18.5 Å². The van der Waals surface area contributed by atoms with Crippen molar-refractivity contribution in [1.29, 1.82) is 0 Å². The highest BCUT2D eigenvalue weighted by molar-refractivity contribution is 5.76. The minimum Gasteiger partial charge on any atom is -0.466 e. The van der Waals surface area contributed by atoms with Crippen molar-refractivity contribution in [2.45, 2.75) is 373 Å². The number of aliphatic hydroxyl groups excluding tert-OH is 2. The number of hydrogen-bond acceptors (Lipinski definition) is 5. The number of carbonyl (C=O) groups excluding carboxylic acids is 2. The normalized spacial score (nSPS) is 12.8. The van der Waals surface area contributed by atoms with Crippen molar-refractivity contribution in [3.63, 3.8) is 0 Å². The van der Waals surface area contributed by atoms with Gasteiger partial charge in [0.1, 0.15) is 0 Å². The molecule has 0 fully saturated rings. The number of rotatable bonds is 62. The van der Waals surface area contributed by atoms with Gasteiger partial charge in [0.2, 0.25) is 5.91 Å². The monoisotopic (exact) mass is 1040 g/mol. The molecule has 0 bridgehead atoms. The van der Waals surface area contributed by atoms with Gasteiger partial charge in [-0.3, -0.25) is 9.59 Å². The minimum atomic E-state index is -0.849. The Hall–Kier alpha value is -1.92. The topological polar surface area (TPSA) is 95.9 Å². The number of hydrogen-bond donors (Lipinski definition) is 3. The van der Waals surface area contributed by atoms with Crippen LogP contribution in [-0.2, 0) is 14.3 Å². The first-order chi connectivity index (χ1) is 36.5. The fourth-order valence-corrected chi connectivity index (χ4v) is 10.3. The Morgan fingerprint density at radius 3 is 0.959 bits per heavy atom. The molecule has 2 unspecified atom stereocenters. The molecule has 0 spiro atoms. The van der Waals surface area contributed by atoms with Crippen LogP contribution in [0.2, 0.25) is 0 Å². The van der Waals surface area contributed by atoms with Gasteiger partial charge in [-0.15, -0.1) is 0 Å². The molecule has 0 aromatic heterocycles. The van der Waals surface area contributed by atoms with Gasteiger partial charge < -0.3 is 20.3 Å². The maximum absolute atomic E-state index is 12.5. The highest BCUT2D eigenvalue weighted by Gasteiger charge is 2.18. The molecule has 0 aromatic carbocycles. The molecule has 0 radical (unpaired) electrons. The zero-order valence-electron chi connectivity index (χ0n) is 49.8. The van der Waals surface area contributed by atoms with E-state index in [1.807, 2.05) is 6.08 Å². The molecule has 0 aliphatic rings. The van der Waals surface area contributed by atoms with Crippen LogP contribution in [0.4, 0.5) is 0 Å². The van der Waals surface area contributed by atoms with Crippen LogP contribution in [0.25, 0.3) is 0 Å². The van der Waals surface area contributed by atoms with Crippen LogP contribution in [0.5, 0.6) is 0 Å². The molecule has 0 aliphatic carbocycles. The first kappa shape index (κ1) is 72.1. The molecule has 0 saturated heterocycles. The van der Waals surface area contributed by atoms with E-state index in [2.05, 4.69) is 43.5 Å². The first-order valence-electron chi connectivity index (χ1n) is 33.3. The summed E-state index contributed by atoms with van der Waals surface area (Å²) in [4.78, 5) is 24.6. The summed E-state index contributed by atoms with van der Waals surface area (Å²) in [5.74, 6) is -0.0689. The summed E-state index contributed by atoms with van der Waals surface area (Å²) in [7, 11) is 0. The van der Waals surface area contributed by atoms with Gasteiger partial charge in [-0.2, -0.15) is 0 Å². The molecular weight excluding hydrogens is 911 g/mol. The van der Waals surface area contributed by atoms with Gasteiger partial charge >= 0.3 is 5.97 Å². The van der Waals surface area contributed by atoms with E-state index >= 15 is 0 Å². The predicted molar refractivity (Wildman–Crippen MR) is 324 cm³/mol. The van der Waals surface area contributed by atoms with E-state index in [9.17, 15) is 19.8 Å². The van der Waals surface area contributed by atoms with Crippen LogP contribution >= 0.6 is 0 Å². The van der Waals surface area contributed by atoms with Gasteiger partial charge in [0.05, 0.1) is 25.4 Å². The van der Waals surface area contributed by atoms with E-state index in [0.717, 1.165) is 51.4 Å². The van der Waals surface area contributed by atoms with Crippen LogP contribution in [-0.4, -0.2) is 47.4 Å². The number of carbonyl (C=O) groups is 2. The molecule has 6 nitrogen and oxygen atoms in total. The van der Waals surface area contributed by atoms with Crippen molar-refractivity contribution in [1.82, 2.24) is 5.32 Å². The lowest BCUT2D eigenvalue weighted by atomic mass is 10.0. The van der Waals surface area contributed by atoms with Crippen molar-refractivity contribution in [3.05, 3.63) is 36.5 Å². The summed E-state index contributed by atoms with van der Waals surface area (Å²) in [5.41, 5.74) is 0. The van der Waals surface area contributed by atoms with Gasteiger partial charge in [0.25, 0.3) is 0 Å². The van der Waals surface area contributed by atoms with Crippen LogP contribution in [0.1, 0.15) is 361 Å².